The summed E-state index contributed by atoms with van der Waals surface area (Å²) in [6, 6.07) is 9.82. The molecule has 0 atom stereocenters. The minimum absolute atomic E-state index is 0.102. The molecule has 3 rings (SSSR count). The Hall–Kier alpha value is -2.23. The van der Waals surface area contributed by atoms with Gasteiger partial charge in [0.15, 0.2) is 0 Å². The maximum Gasteiger partial charge on any atom is 0.346 e. The van der Waals surface area contributed by atoms with Gasteiger partial charge in [-0.3, -0.25) is 0 Å². The molecule has 0 amide bonds. The van der Waals surface area contributed by atoms with Gasteiger partial charge >= 0.3 is 5.97 Å². The molecule has 4 heteroatoms. The second-order valence-electron chi connectivity index (χ2n) is 6.71. The van der Waals surface area contributed by atoms with Gasteiger partial charge < -0.3 is 4.74 Å². The second-order valence-corrected chi connectivity index (χ2v) is 6.71. The standard InChI is InChI=1S/C21H22F2O2/c1-2-14-3-5-15(6-4-14)16-7-12-19(20(23)13-16)21(24)25-18-10-8-17(22)9-11-18/h7-15H,2-6H2,1H3. The van der Waals surface area contributed by atoms with E-state index in [0.717, 1.165) is 24.3 Å². The first-order valence-corrected chi connectivity index (χ1v) is 8.84. The van der Waals surface area contributed by atoms with Crippen LogP contribution in [0.3, 0.4) is 0 Å². The minimum atomic E-state index is -0.773. The normalized spacial score (nSPS) is 20.3. The van der Waals surface area contributed by atoms with E-state index < -0.39 is 17.6 Å². The molecule has 0 spiro atoms. The van der Waals surface area contributed by atoms with Crippen LogP contribution in [0.25, 0.3) is 0 Å². The van der Waals surface area contributed by atoms with Crippen molar-refractivity contribution in [3.8, 4) is 5.75 Å². The van der Waals surface area contributed by atoms with E-state index in [2.05, 4.69) is 6.92 Å². The number of halogens is 2. The first-order chi connectivity index (χ1) is 12.1. The smallest absolute Gasteiger partial charge is 0.346 e. The van der Waals surface area contributed by atoms with Crippen molar-refractivity contribution in [1.29, 1.82) is 0 Å². The molecule has 0 unspecified atom stereocenters. The monoisotopic (exact) mass is 344 g/mol. The van der Waals surface area contributed by atoms with Crippen LogP contribution in [0.1, 0.15) is 60.9 Å². The second kappa shape index (κ2) is 7.77. The van der Waals surface area contributed by atoms with Gasteiger partial charge in [-0.05, 0) is 79.5 Å². The molecular weight excluding hydrogens is 322 g/mol. The van der Waals surface area contributed by atoms with Gasteiger partial charge in [0.1, 0.15) is 17.4 Å². The molecule has 0 N–H and O–H groups in total. The van der Waals surface area contributed by atoms with E-state index in [1.807, 2.05) is 6.07 Å². The Morgan fingerprint density at radius 1 is 1.04 bits per heavy atom. The largest absolute Gasteiger partial charge is 0.423 e. The summed E-state index contributed by atoms with van der Waals surface area (Å²) in [6.45, 7) is 2.21. The van der Waals surface area contributed by atoms with Crippen LogP contribution < -0.4 is 4.74 Å². The lowest BCUT2D eigenvalue weighted by molar-refractivity contribution is 0.0729. The molecule has 0 aliphatic heterocycles. The summed E-state index contributed by atoms with van der Waals surface area (Å²) in [5, 5.41) is 0. The summed E-state index contributed by atoms with van der Waals surface area (Å²) in [5.41, 5.74) is 0.848. The number of rotatable bonds is 4. The fourth-order valence-corrected chi connectivity index (χ4v) is 3.52. The van der Waals surface area contributed by atoms with E-state index >= 15 is 0 Å². The average Bonchev–Trinajstić information content (AvgIpc) is 2.63. The van der Waals surface area contributed by atoms with Crippen LogP contribution in [-0.2, 0) is 0 Å². The van der Waals surface area contributed by atoms with Crippen LogP contribution >= 0.6 is 0 Å². The van der Waals surface area contributed by atoms with Crippen LogP contribution in [-0.4, -0.2) is 5.97 Å². The molecule has 0 radical (unpaired) electrons. The molecule has 25 heavy (non-hydrogen) atoms. The average molecular weight is 344 g/mol. The van der Waals surface area contributed by atoms with Gasteiger partial charge in [0, 0.05) is 0 Å². The van der Waals surface area contributed by atoms with E-state index in [-0.39, 0.29) is 11.3 Å². The van der Waals surface area contributed by atoms with Crippen LogP contribution in [0.5, 0.6) is 5.75 Å². The maximum absolute atomic E-state index is 14.4. The molecule has 1 saturated carbocycles. The highest BCUT2D eigenvalue weighted by molar-refractivity contribution is 5.91. The zero-order valence-electron chi connectivity index (χ0n) is 14.3. The number of carbonyl (C=O) groups excluding carboxylic acids is 1. The summed E-state index contributed by atoms with van der Waals surface area (Å²) < 4.78 is 32.4. The van der Waals surface area contributed by atoms with Crippen molar-refractivity contribution in [2.75, 3.05) is 0 Å². The topological polar surface area (TPSA) is 26.3 Å². The third kappa shape index (κ3) is 4.25. The lowest BCUT2D eigenvalue weighted by Gasteiger charge is -2.28. The molecule has 1 fully saturated rings. The quantitative estimate of drug-likeness (QED) is 0.512. The van der Waals surface area contributed by atoms with Crippen LogP contribution in [0.2, 0.25) is 0 Å². The molecular formula is C21H22F2O2. The van der Waals surface area contributed by atoms with Gasteiger partial charge in [0.05, 0.1) is 5.56 Å². The van der Waals surface area contributed by atoms with Crippen molar-refractivity contribution in [3.05, 3.63) is 65.2 Å². The number of benzene rings is 2. The Morgan fingerprint density at radius 2 is 1.72 bits per heavy atom. The van der Waals surface area contributed by atoms with Crippen molar-refractivity contribution in [3.63, 3.8) is 0 Å². The lowest BCUT2D eigenvalue weighted by atomic mass is 9.78. The highest BCUT2D eigenvalue weighted by Crippen LogP contribution is 2.37. The van der Waals surface area contributed by atoms with Crippen LogP contribution in [0.4, 0.5) is 8.78 Å². The lowest BCUT2D eigenvalue weighted by Crippen LogP contribution is -2.14. The van der Waals surface area contributed by atoms with E-state index in [1.54, 1.807) is 0 Å². The molecule has 0 saturated heterocycles. The van der Waals surface area contributed by atoms with Crippen molar-refractivity contribution in [2.45, 2.75) is 44.9 Å². The number of hydrogen-bond donors (Lipinski definition) is 0. The molecule has 132 valence electrons. The van der Waals surface area contributed by atoms with Crippen molar-refractivity contribution >= 4 is 5.97 Å². The zero-order chi connectivity index (χ0) is 17.8. The number of esters is 1. The molecule has 0 heterocycles. The molecule has 2 aromatic rings. The van der Waals surface area contributed by atoms with E-state index in [1.165, 1.54) is 55.7 Å². The van der Waals surface area contributed by atoms with Crippen molar-refractivity contribution in [1.82, 2.24) is 0 Å². The molecule has 2 nitrogen and oxygen atoms in total. The Morgan fingerprint density at radius 3 is 2.32 bits per heavy atom. The van der Waals surface area contributed by atoms with Gasteiger partial charge in [-0.25, -0.2) is 13.6 Å². The molecule has 0 bridgehead atoms. The summed E-state index contributed by atoms with van der Waals surface area (Å²) in [7, 11) is 0. The molecule has 0 aromatic heterocycles. The molecule has 1 aliphatic rings. The zero-order valence-corrected chi connectivity index (χ0v) is 14.3. The van der Waals surface area contributed by atoms with Gasteiger partial charge in [0.25, 0.3) is 0 Å². The Balaban J connectivity index is 1.69. The fraction of sp³-hybridized carbons (Fsp3) is 0.381. The fourth-order valence-electron chi connectivity index (χ4n) is 3.52. The maximum atomic E-state index is 14.4. The summed E-state index contributed by atoms with van der Waals surface area (Å²) in [5.74, 6) is -0.431. The molecule has 1 aliphatic carbocycles. The predicted octanol–water partition coefficient (Wildman–Crippen LogP) is 5.87. The van der Waals surface area contributed by atoms with Gasteiger partial charge in [-0.2, -0.15) is 0 Å². The van der Waals surface area contributed by atoms with Crippen molar-refractivity contribution in [2.24, 2.45) is 5.92 Å². The Kier molecular flexibility index (Phi) is 5.47. The first-order valence-electron chi connectivity index (χ1n) is 8.84. The summed E-state index contributed by atoms with van der Waals surface area (Å²) in [4.78, 5) is 12.1. The van der Waals surface area contributed by atoms with Crippen LogP contribution in [0.15, 0.2) is 42.5 Å². The van der Waals surface area contributed by atoms with Gasteiger partial charge in [-0.15, -0.1) is 0 Å². The van der Waals surface area contributed by atoms with Gasteiger partial charge in [-0.1, -0.05) is 19.4 Å². The van der Waals surface area contributed by atoms with Gasteiger partial charge in [0.2, 0.25) is 0 Å². The summed E-state index contributed by atoms with van der Waals surface area (Å²) >= 11 is 0. The Labute approximate surface area is 146 Å². The first kappa shape index (κ1) is 17.6. The minimum Gasteiger partial charge on any atom is -0.423 e. The third-order valence-electron chi connectivity index (χ3n) is 5.13. The number of hydrogen-bond acceptors (Lipinski definition) is 2. The highest BCUT2D eigenvalue weighted by Gasteiger charge is 2.23. The highest BCUT2D eigenvalue weighted by atomic mass is 19.1. The Bertz CT molecular complexity index is 732. The van der Waals surface area contributed by atoms with E-state index in [0.29, 0.717) is 5.92 Å². The molecule has 2 aromatic carbocycles. The third-order valence-corrected chi connectivity index (χ3v) is 5.13. The SMILES string of the molecule is CCC1CCC(c2ccc(C(=O)Oc3ccc(F)cc3)c(F)c2)CC1. The number of ether oxygens (including phenoxy) is 1. The van der Waals surface area contributed by atoms with E-state index in [9.17, 15) is 13.6 Å². The predicted molar refractivity (Wildman–Crippen MR) is 92.7 cm³/mol. The number of carbonyl (C=O) groups is 1. The summed E-state index contributed by atoms with van der Waals surface area (Å²) in [6.07, 6.45) is 5.69. The van der Waals surface area contributed by atoms with Crippen molar-refractivity contribution < 1.29 is 18.3 Å². The van der Waals surface area contributed by atoms with Crippen LogP contribution in [0, 0.1) is 17.6 Å². The van der Waals surface area contributed by atoms with E-state index in [4.69, 9.17) is 4.74 Å².